The normalized spacial score (nSPS) is 14.3. The van der Waals surface area contributed by atoms with Gasteiger partial charge in [0.05, 0.1) is 0 Å². The molecule has 7 heteroatoms. The van der Waals surface area contributed by atoms with E-state index >= 15 is 0 Å². The first kappa shape index (κ1) is 22.0. The summed E-state index contributed by atoms with van der Waals surface area (Å²) in [6, 6.07) is 13.0. The SMILES string of the molecule is Cc1cc(OCC(=O)N2CCC(NC(=O)COc3ccccc3)CC2)cc(C)c1Cl. The molecule has 1 heterocycles. The lowest BCUT2D eigenvalue weighted by atomic mass is 10.1. The van der Waals surface area contributed by atoms with E-state index in [1.807, 2.05) is 56.3 Å². The number of carbonyl (C=O) groups excluding carboxylic acids is 2. The highest BCUT2D eigenvalue weighted by atomic mass is 35.5. The minimum atomic E-state index is -0.152. The van der Waals surface area contributed by atoms with Gasteiger partial charge in [-0.15, -0.1) is 0 Å². The summed E-state index contributed by atoms with van der Waals surface area (Å²) in [5.41, 5.74) is 1.85. The number of hydrogen-bond acceptors (Lipinski definition) is 4. The van der Waals surface area contributed by atoms with Crippen LogP contribution in [0.3, 0.4) is 0 Å². The van der Waals surface area contributed by atoms with E-state index in [0.717, 1.165) is 11.1 Å². The first-order valence-electron chi connectivity index (χ1n) is 10.1. The molecule has 1 saturated heterocycles. The van der Waals surface area contributed by atoms with Crippen molar-refractivity contribution in [1.82, 2.24) is 10.2 Å². The highest BCUT2D eigenvalue weighted by Crippen LogP contribution is 2.26. The van der Waals surface area contributed by atoms with Crippen LogP contribution in [0.15, 0.2) is 42.5 Å². The Morgan fingerprint density at radius 2 is 1.60 bits per heavy atom. The van der Waals surface area contributed by atoms with Crippen LogP contribution in [-0.4, -0.2) is 49.1 Å². The molecule has 1 aliphatic rings. The van der Waals surface area contributed by atoms with Gasteiger partial charge in [0, 0.05) is 24.2 Å². The molecular formula is C23H27ClN2O4. The second-order valence-electron chi connectivity index (χ2n) is 7.48. The molecule has 0 spiro atoms. The molecule has 2 aromatic carbocycles. The van der Waals surface area contributed by atoms with Crippen LogP contribution >= 0.6 is 11.6 Å². The molecule has 1 fully saturated rings. The van der Waals surface area contributed by atoms with Crippen LogP contribution in [0.2, 0.25) is 5.02 Å². The topological polar surface area (TPSA) is 67.9 Å². The van der Waals surface area contributed by atoms with Crippen molar-refractivity contribution in [2.24, 2.45) is 0 Å². The minimum absolute atomic E-state index is 0.0115. The Labute approximate surface area is 182 Å². The standard InChI is InChI=1S/C23H27ClN2O4/c1-16-12-20(13-17(2)23(16)24)30-15-22(28)26-10-8-18(9-11-26)25-21(27)14-29-19-6-4-3-5-7-19/h3-7,12-13,18H,8-11,14-15H2,1-2H3,(H,25,27). The first-order chi connectivity index (χ1) is 14.4. The van der Waals surface area contributed by atoms with E-state index in [0.29, 0.717) is 42.5 Å². The Morgan fingerprint density at radius 3 is 2.23 bits per heavy atom. The van der Waals surface area contributed by atoms with Crippen molar-refractivity contribution < 1.29 is 19.1 Å². The number of hydrogen-bond donors (Lipinski definition) is 1. The molecule has 1 N–H and O–H groups in total. The fourth-order valence-corrected chi connectivity index (χ4v) is 3.54. The molecular weight excluding hydrogens is 404 g/mol. The van der Waals surface area contributed by atoms with E-state index in [1.54, 1.807) is 4.90 Å². The lowest BCUT2D eigenvalue weighted by molar-refractivity contribution is -0.134. The summed E-state index contributed by atoms with van der Waals surface area (Å²) < 4.78 is 11.1. The van der Waals surface area contributed by atoms with Gasteiger partial charge in [-0.3, -0.25) is 9.59 Å². The fourth-order valence-electron chi connectivity index (χ4n) is 3.43. The van der Waals surface area contributed by atoms with Crippen molar-refractivity contribution >= 4 is 23.4 Å². The van der Waals surface area contributed by atoms with Crippen molar-refractivity contribution in [3.05, 3.63) is 58.6 Å². The van der Waals surface area contributed by atoms with Crippen molar-refractivity contribution in [2.45, 2.75) is 32.7 Å². The first-order valence-corrected chi connectivity index (χ1v) is 10.4. The second kappa shape index (κ2) is 10.3. The number of rotatable bonds is 7. The molecule has 0 atom stereocenters. The zero-order valence-electron chi connectivity index (χ0n) is 17.3. The van der Waals surface area contributed by atoms with Gasteiger partial charge >= 0.3 is 0 Å². The fraction of sp³-hybridized carbons (Fsp3) is 0.391. The molecule has 30 heavy (non-hydrogen) atoms. The number of amides is 2. The summed E-state index contributed by atoms with van der Waals surface area (Å²) in [5, 5.41) is 3.69. The van der Waals surface area contributed by atoms with Gasteiger partial charge in [-0.2, -0.15) is 0 Å². The molecule has 0 aromatic heterocycles. The maximum absolute atomic E-state index is 12.5. The molecule has 0 saturated carbocycles. The van der Waals surface area contributed by atoms with Crippen LogP contribution in [0.5, 0.6) is 11.5 Å². The largest absolute Gasteiger partial charge is 0.484 e. The quantitative estimate of drug-likeness (QED) is 0.729. The van der Waals surface area contributed by atoms with Gasteiger partial charge in [0.15, 0.2) is 13.2 Å². The van der Waals surface area contributed by atoms with Crippen LogP contribution in [-0.2, 0) is 9.59 Å². The van der Waals surface area contributed by atoms with Crippen LogP contribution in [0.1, 0.15) is 24.0 Å². The number of para-hydroxylation sites is 1. The van der Waals surface area contributed by atoms with E-state index in [2.05, 4.69) is 5.32 Å². The molecule has 0 bridgehead atoms. The van der Waals surface area contributed by atoms with Crippen LogP contribution in [0.25, 0.3) is 0 Å². The third-order valence-corrected chi connectivity index (χ3v) is 5.69. The lowest BCUT2D eigenvalue weighted by Crippen LogP contribution is -2.48. The monoisotopic (exact) mass is 430 g/mol. The number of benzene rings is 2. The Kier molecular flexibility index (Phi) is 7.57. The zero-order chi connectivity index (χ0) is 21.5. The predicted molar refractivity (Wildman–Crippen MR) is 116 cm³/mol. The third-order valence-electron chi connectivity index (χ3n) is 5.10. The van der Waals surface area contributed by atoms with Crippen molar-refractivity contribution in [3.63, 3.8) is 0 Å². The Hall–Kier alpha value is -2.73. The van der Waals surface area contributed by atoms with Crippen LogP contribution < -0.4 is 14.8 Å². The Balaban J connectivity index is 1.38. The number of carbonyl (C=O) groups is 2. The van der Waals surface area contributed by atoms with Crippen LogP contribution in [0.4, 0.5) is 0 Å². The molecule has 2 amide bonds. The summed E-state index contributed by atoms with van der Waals surface area (Å²) in [6.07, 6.45) is 1.42. The molecule has 0 unspecified atom stereocenters. The molecule has 160 valence electrons. The highest BCUT2D eigenvalue weighted by molar-refractivity contribution is 6.32. The summed E-state index contributed by atoms with van der Waals surface area (Å²) in [7, 11) is 0. The predicted octanol–water partition coefficient (Wildman–Crippen LogP) is 3.52. The maximum Gasteiger partial charge on any atom is 0.260 e. The smallest absolute Gasteiger partial charge is 0.260 e. The minimum Gasteiger partial charge on any atom is -0.484 e. The number of nitrogens with one attached hydrogen (secondary N) is 1. The number of nitrogens with zero attached hydrogens (tertiary/aromatic N) is 1. The van der Waals surface area contributed by atoms with E-state index in [-0.39, 0.29) is 31.1 Å². The molecule has 0 aliphatic carbocycles. The van der Waals surface area contributed by atoms with Crippen LogP contribution in [0, 0.1) is 13.8 Å². The van der Waals surface area contributed by atoms with E-state index in [1.165, 1.54) is 0 Å². The second-order valence-corrected chi connectivity index (χ2v) is 7.86. The average Bonchev–Trinajstić information content (AvgIpc) is 2.75. The summed E-state index contributed by atoms with van der Waals surface area (Å²) in [4.78, 5) is 26.3. The molecule has 0 radical (unpaired) electrons. The van der Waals surface area contributed by atoms with Gasteiger partial charge in [0.1, 0.15) is 11.5 Å². The Morgan fingerprint density at radius 1 is 1.00 bits per heavy atom. The molecule has 3 rings (SSSR count). The maximum atomic E-state index is 12.5. The van der Waals surface area contributed by atoms with Crippen molar-refractivity contribution in [3.8, 4) is 11.5 Å². The summed E-state index contributed by atoms with van der Waals surface area (Å²) in [5.74, 6) is 1.10. The van der Waals surface area contributed by atoms with Gasteiger partial charge in [-0.1, -0.05) is 29.8 Å². The number of piperidine rings is 1. The van der Waals surface area contributed by atoms with Crippen molar-refractivity contribution in [1.29, 1.82) is 0 Å². The molecule has 1 aliphatic heterocycles. The number of likely N-dealkylation sites (tertiary alicyclic amines) is 1. The van der Waals surface area contributed by atoms with Gasteiger partial charge in [-0.25, -0.2) is 0 Å². The number of aryl methyl sites for hydroxylation is 2. The lowest BCUT2D eigenvalue weighted by Gasteiger charge is -2.32. The zero-order valence-corrected chi connectivity index (χ0v) is 18.1. The molecule has 2 aromatic rings. The summed E-state index contributed by atoms with van der Waals surface area (Å²) in [6.45, 7) is 4.97. The average molecular weight is 431 g/mol. The van der Waals surface area contributed by atoms with Gasteiger partial charge < -0.3 is 19.7 Å². The van der Waals surface area contributed by atoms with Gasteiger partial charge in [-0.05, 0) is 62.1 Å². The Bertz CT molecular complexity index is 857. The molecule has 6 nitrogen and oxygen atoms in total. The number of halogens is 1. The van der Waals surface area contributed by atoms with E-state index in [4.69, 9.17) is 21.1 Å². The highest BCUT2D eigenvalue weighted by Gasteiger charge is 2.24. The van der Waals surface area contributed by atoms with Crippen molar-refractivity contribution in [2.75, 3.05) is 26.3 Å². The van der Waals surface area contributed by atoms with Gasteiger partial charge in [0.25, 0.3) is 11.8 Å². The van der Waals surface area contributed by atoms with Gasteiger partial charge in [0.2, 0.25) is 0 Å². The summed E-state index contributed by atoms with van der Waals surface area (Å²) >= 11 is 6.17. The number of ether oxygens (including phenoxy) is 2. The third kappa shape index (κ3) is 6.13. The van der Waals surface area contributed by atoms with E-state index in [9.17, 15) is 9.59 Å². The van der Waals surface area contributed by atoms with E-state index < -0.39 is 0 Å².